The maximum absolute atomic E-state index is 8.54. The number of aliphatic hydroxyl groups is 1. The second-order valence-electron chi connectivity index (χ2n) is 1.64. The summed E-state index contributed by atoms with van der Waals surface area (Å²) in [7, 11) is 0. The molecule has 1 aromatic carbocycles. The third-order valence-corrected chi connectivity index (χ3v) is 1.03. The van der Waals surface area contributed by atoms with Gasteiger partial charge in [-0.3, -0.25) is 0 Å². The van der Waals surface area contributed by atoms with Gasteiger partial charge in [0.1, 0.15) is 0 Å². The van der Waals surface area contributed by atoms with Crippen LogP contribution in [0.2, 0.25) is 0 Å². The molecule has 0 spiro atoms. The standard InChI is InChI=1S/C7H8O.Mg.2H/c8-6-7-4-2-1-3-5-7;;;/h1-5,8H,6H2;;;/q;+2;2*-1. The summed E-state index contributed by atoms with van der Waals surface area (Å²) in [5, 5.41) is 8.54. The van der Waals surface area contributed by atoms with Crippen LogP contribution >= 0.6 is 0 Å². The van der Waals surface area contributed by atoms with Crippen molar-refractivity contribution in [3.63, 3.8) is 0 Å². The van der Waals surface area contributed by atoms with Crippen LogP contribution in [0.25, 0.3) is 0 Å². The molecule has 1 aromatic rings. The van der Waals surface area contributed by atoms with Gasteiger partial charge in [0.15, 0.2) is 0 Å². The van der Waals surface area contributed by atoms with Gasteiger partial charge in [-0.1, -0.05) is 30.3 Å². The largest absolute Gasteiger partial charge is 2.00 e. The summed E-state index contributed by atoms with van der Waals surface area (Å²) >= 11 is 0. The first kappa shape index (κ1) is 8.95. The Hall–Kier alpha value is -0.0538. The van der Waals surface area contributed by atoms with Gasteiger partial charge in [0.2, 0.25) is 0 Å². The minimum atomic E-state index is 0. The molecule has 46 valence electrons. The van der Waals surface area contributed by atoms with Crippen molar-refractivity contribution in [1.29, 1.82) is 0 Å². The smallest absolute Gasteiger partial charge is 1.00 e. The Morgan fingerprint density at radius 1 is 1.22 bits per heavy atom. The predicted molar refractivity (Wildman–Crippen MR) is 40.3 cm³/mol. The topological polar surface area (TPSA) is 20.2 Å². The zero-order valence-electron chi connectivity index (χ0n) is 7.25. The predicted octanol–water partition coefficient (Wildman–Crippen LogP) is 1.02. The zero-order valence-corrected chi connectivity index (χ0v) is 6.66. The average Bonchev–Trinajstić information content (AvgIpc) is 1.90. The van der Waals surface area contributed by atoms with Crippen LogP contribution in [0, 0.1) is 0 Å². The SMILES string of the molecule is OCc1ccccc1.[H-].[H-].[Mg+2]. The molecule has 0 radical (unpaired) electrons. The zero-order chi connectivity index (χ0) is 5.82. The molecular formula is C7H10MgO. The van der Waals surface area contributed by atoms with E-state index in [0.717, 1.165) is 5.56 Å². The molecule has 2 heteroatoms. The minimum absolute atomic E-state index is 0. The second kappa shape index (κ2) is 4.79. The first-order valence-electron chi connectivity index (χ1n) is 2.58. The van der Waals surface area contributed by atoms with Gasteiger partial charge in [-0.05, 0) is 5.56 Å². The first-order chi connectivity index (χ1) is 3.93. The molecule has 0 heterocycles. The quantitative estimate of drug-likeness (QED) is 0.569. The maximum Gasteiger partial charge on any atom is 2.00 e. The molecule has 0 aliphatic heterocycles. The maximum atomic E-state index is 8.54. The van der Waals surface area contributed by atoms with Crippen LogP contribution in [0.15, 0.2) is 30.3 Å². The monoisotopic (exact) mass is 134 g/mol. The fourth-order valence-electron chi connectivity index (χ4n) is 0.583. The van der Waals surface area contributed by atoms with Gasteiger partial charge in [0, 0.05) is 0 Å². The van der Waals surface area contributed by atoms with Crippen LogP contribution in [0.5, 0.6) is 0 Å². The summed E-state index contributed by atoms with van der Waals surface area (Å²) < 4.78 is 0. The average molecular weight is 134 g/mol. The van der Waals surface area contributed by atoms with E-state index in [4.69, 9.17) is 5.11 Å². The number of benzene rings is 1. The van der Waals surface area contributed by atoms with Crippen molar-refractivity contribution in [2.75, 3.05) is 0 Å². The fraction of sp³-hybridized carbons (Fsp3) is 0.143. The third-order valence-electron chi connectivity index (χ3n) is 1.03. The van der Waals surface area contributed by atoms with E-state index in [0.29, 0.717) is 0 Å². The molecule has 1 nitrogen and oxygen atoms in total. The molecule has 0 aliphatic rings. The van der Waals surface area contributed by atoms with Crippen molar-refractivity contribution in [3.05, 3.63) is 35.9 Å². The molecule has 0 aliphatic carbocycles. The van der Waals surface area contributed by atoms with Gasteiger partial charge in [-0.25, -0.2) is 0 Å². The van der Waals surface area contributed by atoms with Crippen LogP contribution in [0.4, 0.5) is 0 Å². The Bertz CT molecular complexity index is 158. The van der Waals surface area contributed by atoms with Crippen molar-refractivity contribution in [2.45, 2.75) is 6.61 Å². The molecular weight excluding hydrogens is 124 g/mol. The molecule has 0 unspecified atom stereocenters. The molecule has 0 bridgehead atoms. The van der Waals surface area contributed by atoms with Gasteiger partial charge in [-0.15, -0.1) is 0 Å². The summed E-state index contributed by atoms with van der Waals surface area (Å²) in [5.74, 6) is 0. The van der Waals surface area contributed by atoms with Gasteiger partial charge >= 0.3 is 23.1 Å². The van der Waals surface area contributed by atoms with E-state index in [-0.39, 0.29) is 32.5 Å². The molecule has 0 saturated carbocycles. The molecule has 9 heavy (non-hydrogen) atoms. The summed E-state index contributed by atoms with van der Waals surface area (Å²) in [6, 6.07) is 9.52. The van der Waals surface area contributed by atoms with Crippen LogP contribution in [0.1, 0.15) is 8.42 Å². The number of hydrogen-bond acceptors (Lipinski definition) is 1. The summed E-state index contributed by atoms with van der Waals surface area (Å²) in [6.45, 7) is 0.140. The van der Waals surface area contributed by atoms with Gasteiger partial charge < -0.3 is 7.96 Å². The number of aliphatic hydroxyl groups excluding tert-OH is 1. The molecule has 1 N–H and O–H groups in total. The Balaban J connectivity index is -0.000000213. The van der Waals surface area contributed by atoms with E-state index in [1.807, 2.05) is 30.3 Å². The van der Waals surface area contributed by atoms with Gasteiger partial charge in [-0.2, -0.15) is 0 Å². The van der Waals surface area contributed by atoms with Crippen LogP contribution < -0.4 is 0 Å². The first-order valence-corrected chi connectivity index (χ1v) is 2.58. The third kappa shape index (κ3) is 2.84. The van der Waals surface area contributed by atoms with Crippen molar-refractivity contribution < 1.29 is 7.96 Å². The number of hydrogen-bond donors (Lipinski definition) is 1. The molecule has 0 atom stereocenters. The van der Waals surface area contributed by atoms with E-state index >= 15 is 0 Å². The van der Waals surface area contributed by atoms with Gasteiger partial charge in [0.05, 0.1) is 6.61 Å². The van der Waals surface area contributed by atoms with Gasteiger partial charge in [0.25, 0.3) is 0 Å². The summed E-state index contributed by atoms with van der Waals surface area (Å²) in [6.07, 6.45) is 0. The Labute approximate surface area is 73.8 Å². The Kier molecular flexibility index (Phi) is 4.76. The van der Waals surface area contributed by atoms with E-state index in [9.17, 15) is 0 Å². The Morgan fingerprint density at radius 2 is 1.78 bits per heavy atom. The van der Waals surface area contributed by atoms with Crippen molar-refractivity contribution in [2.24, 2.45) is 0 Å². The molecule has 0 amide bonds. The second-order valence-corrected chi connectivity index (χ2v) is 1.64. The van der Waals surface area contributed by atoms with Crippen LogP contribution in [-0.4, -0.2) is 28.2 Å². The fourth-order valence-corrected chi connectivity index (χ4v) is 0.583. The summed E-state index contributed by atoms with van der Waals surface area (Å²) in [5.41, 5.74) is 0.965. The van der Waals surface area contributed by atoms with Crippen molar-refractivity contribution in [3.8, 4) is 0 Å². The molecule has 0 fully saturated rings. The van der Waals surface area contributed by atoms with E-state index in [1.165, 1.54) is 0 Å². The van der Waals surface area contributed by atoms with Crippen molar-refractivity contribution >= 4 is 23.1 Å². The molecule has 1 rings (SSSR count). The van der Waals surface area contributed by atoms with E-state index in [2.05, 4.69) is 0 Å². The number of rotatable bonds is 1. The van der Waals surface area contributed by atoms with Crippen LogP contribution in [-0.2, 0) is 6.61 Å². The Morgan fingerprint density at radius 3 is 2.11 bits per heavy atom. The normalized spacial score (nSPS) is 8.11. The van der Waals surface area contributed by atoms with Crippen molar-refractivity contribution in [1.82, 2.24) is 0 Å². The minimum Gasteiger partial charge on any atom is -1.00 e. The van der Waals surface area contributed by atoms with E-state index < -0.39 is 0 Å². The molecule has 0 saturated heterocycles. The van der Waals surface area contributed by atoms with E-state index in [1.54, 1.807) is 0 Å². The van der Waals surface area contributed by atoms with Crippen LogP contribution in [0.3, 0.4) is 0 Å². The molecule has 0 aromatic heterocycles. The summed E-state index contributed by atoms with van der Waals surface area (Å²) in [4.78, 5) is 0.